The number of aryl methyl sites for hydroxylation is 2. The van der Waals surface area contributed by atoms with E-state index in [1.54, 1.807) is 0 Å². The fourth-order valence-corrected chi connectivity index (χ4v) is 2.88. The van der Waals surface area contributed by atoms with Gasteiger partial charge < -0.3 is 0 Å². The van der Waals surface area contributed by atoms with Crippen LogP contribution in [0.5, 0.6) is 0 Å². The van der Waals surface area contributed by atoms with Crippen LogP contribution >= 0.6 is 35.4 Å². The van der Waals surface area contributed by atoms with Crippen LogP contribution in [0.4, 0.5) is 0 Å². The Balaban J connectivity index is 1.81. The second kappa shape index (κ2) is 6.65. The van der Waals surface area contributed by atoms with Gasteiger partial charge in [0.05, 0.1) is 5.02 Å². The average Bonchev–Trinajstić information content (AvgIpc) is 2.87. The maximum Gasteiger partial charge on any atom is 0.216 e. The Bertz CT molecular complexity index is 854. The molecule has 0 saturated carbocycles. The Hall–Kier alpha value is -1.62. The van der Waals surface area contributed by atoms with Crippen LogP contribution in [0.25, 0.3) is 11.4 Å². The molecule has 22 heavy (non-hydrogen) atoms. The summed E-state index contributed by atoms with van der Waals surface area (Å²) in [6.45, 7) is 0.705. The van der Waals surface area contributed by atoms with E-state index in [0.717, 1.165) is 22.6 Å². The van der Waals surface area contributed by atoms with Crippen molar-refractivity contribution in [2.45, 2.75) is 13.0 Å². The predicted molar refractivity (Wildman–Crippen MR) is 93.0 cm³/mol. The fourth-order valence-electron chi connectivity index (χ4n) is 2.22. The maximum atomic E-state index is 6.19. The molecule has 0 spiro atoms. The van der Waals surface area contributed by atoms with E-state index in [-0.39, 0.29) is 0 Å². The van der Waals surface area contributed by atoms with Crippen LogP contribution in [0.3, 0.4) is 0 Å². The van der Waals surface area contributed by atoms with Crippen LogP contribution < -0.4 is 0 Å². The van der Waals surface area contributed by atoms with Gasteiger partial charge in [-0.15, -0.1) is 0 Å². The number of benzene rings is 2. The van der Waals surface area contributed by atoms with Crippen molar-refractivity contribution in [1.29, 1.82) is 0 Å². The molecule has 0 amide bonds. The van der Waals surface area contributed by atoms with Gasteiger partial charge in [-0.3, -0.25) is 9.78 Å². The molecular weight excluding hydrogens is 337 g/mol. The molecule has 112 valence electrons. The average molecular weight is 350 g/mol. The third-order valence-electron chi connectivity index (χ3n) is 3.32. The highest BCUT2D eigenvalue weighted by Gasteiger charge is 2.08. The van der Waals surface area contributed by atoms with Crippen molar-refractivity contribution in [3.63, 3.8) is 0 Å². The molecule has 1 N–H and O–H groups in total. The Morgan fingerprint density at radius 1 is 1.09 bits per heavy atom. The molecule has 3 aromatic rings. The molecule has 6 heteroatoms. The number of rotatable bonds is 4. The van der Waals surface area contributed by atoms with Gasteiger partial charge in [-0.1, -0.05) is 47.5 Å². The van der Waals surface area contributed by atoms with Gasteiger partial charge in [0.2, 0.25) is 4.77 Å². The number of hydrogen-bond acceptors (Lipinski definition) is 2. The molecule has 0 fully saturated rings. The molecule has 0 unspecified atom stereocenters. The first kappa shape index (κ1) is 15.3. The molecule has 0 aliphatic rings. The maximum absolute atomic E-state index is 6.19. The Kier molecular flexibility index (Phi) is 4.62. The van der Waals surface area contributed by atoms with Crippen molar-refractivity contribution in [2.75, 3.05) is 0 Å². The zero-order valence-corrected chi connectivity index (χ0v) is 13.9. The number of nitrogens with zero attached hydrogens (tertiary/aromatic N) is 2. The van der Waals surface area contributed by atoms with Gasteiger partial charge in [0, 0.05) is 17.1 Å². The van der Waals surface area contributed by atoms with Crippen LogP contribution in [0.15, 0.2) is 48.5 Å². The van der Waals surface area contributed by atoms with Gasteiger partial charge in [-0.2, -0.15) is 4.98 Å². The molecular formula is C16H13Cl2N3S. The van der Waals surface area contributed by atoms with Crippen molar-refractivity contribution in [1.82, 2.24) is 14.8 Å². The molecule has 1 heterocycles. The summed E-state index contributed by atoms with van der Waals surface area (Å²) in [7, 11) is 0. The van der Waals surface area contributed by atoms with Gasteiger partial charge >= 0.3 is 0 Å². The molecule has 0 aliphatic heterocycles. The summed E-state index contributed by atoms with van der Waals surface area (Å²) in [4.78, 5) is 4.38. The van der Waals surface area contributed by atoms with E-state index in [9.17, 15) is 0 Å². The van der Waals surface area contributed by atoms with Crippen molar-refractivity contribution in [3.8, 4) is 11.4 Å². The summed E-state index contributed by atoms with van der Waals surface area (Å²) >= 11 is 17.5. The van der Waals surface area contributed by atoms with E-state index < -0.39 is 0 Å². The lowest BCUT2D eigenvalue weighted by atomic mass is 10.1. The first-order valence-electron chi connectivity index (χ1n) is 6.80. The number of H-pyrrole nitrogens is 1. The normalized spacial score (nSPS) is 10.8. The van der Waals surface area contributed by atoms with Crippen LogP contribution in [0, 0.1) is 4.77 Å². The lowest BCUT2D eigenvalue weighted by Crippen LogP contribution is -2.03. The second-order valence-electron chi connectivity index (χ2n) is 4.87. The molecule has 2 aromatic carbocycles. The van der Waals surface area contributed by atoms with E-state index in [1.165, 1.54) is 0 Å². The quantitative estimate of drug-likeness (QED) is 0.660. The molecule has 3 rings (SSSR count). The van der Waals surface area contributed by atoms with Crippen LogP contribution in [-0.2, 0) is 13.0 Å². The van der Waals surface area contributed by atoms with Gasteiger partial charge in [0.25, 0.3) is 0 Å². The zero-order chi connectivity index (χ0) is 15.5. The number of aromatic nitrogens is 3. The van der Waals surface area contributed by atoms with Crippen LogP contribution in [-0.4, -0.2) is 14.8 Å². The van der Waals surface area contributed by atoms with E-state index in [1.807, 2.05) is 53.2 Å². The van der Waals surface area contributed by atoms with Crippen LogP contribution in [0.2, 0.25) is 10.0 Å². The molecule has 0 bridgehead atoms. The van der Waals surface area contributed by atoms with E-state index in [2.05, 4.69) is 10.1 Å². The van der Waals surface area contributed by atoms with Crippen molar-refractivity contribution >= 4 is 35.4 Å². The van der Waals surface area contributed by atoms with E-state index in [0.29, 0.717) is 22.2 Å². The largest absolute Gasteiger partial charge is 0.279 e. The number of nitrogens with one attached hydrogen (secondary N) is 1. The minimum Gasteiger partial charge on any atom is -0.279 e. The summed E-state index contributed by atoms with van der Waals surface area (Å²) in [6.07, 6.45) is 0.818. The third kappa shape index (κ3) is 3.40. The Morgan fingerprint density at radius 2 is 1.91 bits per heavy atom. The van der Waals surface area contributed by atoms with Crippen molar-refractivity contribution in [3.05, 3.63) is 68.9 Å². The lowest BCUT2D eigenvalue weighted by molar-refractivity contribution is 0.606. The lowest BCUT2D eigenvalue weighted by Gasteiger charge is -2.04. The summed E-state index contributed by atoms with van der Waals surface area (Å²) in [6, 6.07) is 15.4. The van der Waals surface area contributed by atoms with E-state index >= 15 is 0 Å². The Morgan fingerprint density at radius 3 is 2.68 bits per heavy atom. The topological polar surface area (TPSA) is 33.6 Å². The SMILES string of the molecule is S=c1nc(-c2ccccc2Cl)[nH]n1CCc1cccc(Cl)c1. The Labute approximate surface area is 143 Å². The second-order valence-corrected chi connectivity index (χ2v) is 6.07. The highest BCUT2D eigenvalue weighted by molar-refractivity contribution is 7.71. The molecule has 0 atom stereocenters. The van der Waals surface area contributed by atoms with Gasteiger partial charge in [-0.05, 0) is 48.5 Å². The molecule has 0 saturated heterocycles. The standard InChI is InChI=1S/C16H13Cl2N3S/c17-12-5-3-4-11(10-12)8-9-21-16(22)19-15(20-21)13-6-1-2-7-14(13)18/h1-7,10H,8-9H2,(H,19,20,22). The zero-order valence-electron chi connectivity index (χ0n) is 11.6. The smallest absolute Gasteiger partial charge is 0.216 e. The highest BCUT2D eigenvalue weighted by atomic mass is 35.5. The highest BCUT2D eigenvalue weighted by Crippen LogP contribution is 2.24. The summed E-state index contributed by atoms with van der Waals surface area (Å²) < 4.78 is 2.35. The first-order valence-corrected chi connectivity index (χ1v) is 7.96. The summed E-state index contributed by atoms with van der Waals surface area (Å²) in [5.74, 6) is 0.682. The third-order valence-corrected chi connectivity index (χ3v) is 4.20. The van der Waals surface area contributed by atoms with Gasteiger partial charge in [0.1, 0.15) is 0 Å². The predicted octanol–water partition coefficient (Wildman–Crippen LogP) is 5.16. The summed E-state index contributed by atoms with van der Waals surface area (Å²) in [5, 5.41) is 4.59. The number of halogens is 2. The number of hydrogen-bond donors (Lipinski definition) is 1. The van der Waals surface area contributed by atoms with Crippen LogP contribution in [0.1, 0.15) is 5.56 Å². The molecule has 1 aromatic heterocycles. The number of aromatic amines is 1. The van der Waals surface area contributed by atoms with Crippen molar-refractivity contribution < 1.29 is 0 Å². The first-order chi connectivity index (χ1) is 10.6. The molecule has 0 aliphatic carbocycles. The minimum absolute atomic E-state index is 0.511. The molecule has 0 radical (unpaired) electrons. The van der Waals surface area contributed by atoms with Gasteiger partial charge in [0.15, 0.2) is 5.82 Å². The fraction of sp³-hybridized carbons (Fsp3) is 0.125. The van der Waals surface area contributed by atoms with Gasteiger partial charge in [-0.25, -0.2) is 0 Å². The van der Waals surface area contributed by atoms with E-state index in [4.69, 9.17) is 35.4 Å². The monoisotopic (exact) mass is 349 g/mol. The molecule has 3 nitrogen and oxygen atoms in total. The minimum atomic E-state index is 0.511. The summed E-state index contributed by atoms with van der Waals surface area (Å²) in [5.41, 5.74) is 2.00. The van der Waals surface area contributed by atoms with Crippen molar-refractivity contribution in [2.24, 2.45) is 0 Å².